The van der Waals surface area contributed by atoms with Crippen LogP contribution in [0.5, 0.6) is 0 Å². The number of halogens is 1. The molecule has 2 unspecified atom stereocenters. The molecule has 2 heterocycles. The third kappa shape index (κ3) is 3.71. The van der Waals surface area contributed by atoms with Gasteiger partial charge in [0.15, 0.2) is 0 Å². The van der Waals surface area contributed by atoms with Gasteiger partial charge in [-0.05, 0) is 58.8 Å². The number of hydrogen-bond acceptors (Lipinski definition) is 2. The van der Waals surface area contributed by atoms with E-state index in [1.807, 2.05) is 0 Å². The Hall–Kier alpha value is 0.400. The minimum Gasteiger partial charge on any atom is -0.303 e. The molecule has 2 aliphatic rings. The van der Waals surface area contributed by atoms with Crippen LogP contribution in [0.1, 0.15) is 38.5 Å². The van der Waals surface area contributed by atoms with Gasteiger partial charge in [-0.3, -0.25) is 0 Å². The molecule has 0 aromatic heterocycles. The Morgan fingerprint density at radius 2 is 2.00 bits per heavy atom. The summed E-state index contributed by atoms with van der Waals surface area (Å²) in [6, 6.07) is 0.851. The number of piperidine rings is 2. The van der Waals surface area contributed by atoms with Crippen LogP contribution < -0.4 is 0 Å². The van der Waals surface area contributed by atoms with Crippen LogP contribution in [0.15, 0.2) is 0 Å². The van der Waals surface area contributed by atoms with Crippen molar-refractivity contribution in [3.63, 3.8) is 0 Å². The van der Waals surface area contributed by atoms with Gasteiger partial charge in [0, 0.05) is 17.4 Å². The fraction of sp³-hybridized carbons (Fsp3) is 1.00. The van der Waals surface area contributed by atoms with E-state index in [1.165, 1.54) is 64.7 Å². The van der Waals surface area contributed by atoms with E-state index >= 15 is 0 Å². The zero-order chi connectivity index (χ0) is 11.4. The second-order valence-electron chi connectivity index (χ2n) is 5.46. The molecule has 0 saturated carbocycles. The average Bonchev–Trinajstić information content (AvgIpc) is 2.28. The maximum atomic E-state index is 3.75. The first-order chi connectivity index (χ1) is 7.75. The van der Waals surface area contributed by atoms with Gasteiger partial charge in [-0.25, -0.2) is 0 Å². The summed E-state index contributed by atoms with van der Waals surface area (Å²) < 4.78 is 0. The summed E-state index contributed by atoms with van der Waals surface area (Å²) in [4.78, 5) is 5.95. The van der Waals surface area contributed by atoms with E-state index in [0.29, 0.717) is 0 Å². The van der Waals surface area contributed by atoms with Crippen molar-refractivity contribution in [1.29, 1.82) is 0 Å². The lowest BCUT2D eigenvalue weighted by atomic mass is 9.99. The van der Waals surface area contributed by atoms with Crippen LogP contribution in [0.2, 0.25) is 0 Å². The monoisotopic (exact) mass is 288 g/mol. The number of alkyl halides is 1. The highest BCUT2D eigenvalue weighted by Crippen LogP contribution is 2.20. The van der Waals surface area contributed by atoms with Crippen LogP contribution in [0.25, 0.3) is 0 Å². The van der Waals surface area contributed by atoms with E-state index in [1.54, 1.807) is 0 Å². The highest BCUT2D eigenvalue weighted by atomic mass is 79.9. The van der Waals surface area contributed by atoms with Gasteiger partial charge in [-0.2, -0.15) is 0 Å². The van der Waals surface area contributed by atoms with E-state index in [2.05, 4.69) is 32.8 Å². The van der Waals surface area contributed by atoms with Crippen LogP contribution in [-0.2, 0) is 0 Å². The first-order valence-corrected chi connectivity index (χ1v) is 7.74. The smallest absolute Gasteiger partial charge is 0.0273 e. The molecule has 2 saturated heterocycles. The molecule has 0 aromatic carbocycles. The van der Waals surface area contributed by atoms with Gasteiger partial charge in [-0.15, -0.1) is 0 Å². The second-order valence-corrected chi connectivity index (χ2v) is 6.75. The Morgan fingerprint density at radius 1 is 1.12 bits per heavy atom. The molecular formula is C13H25BrN2. The van der Waals surface area contributed by atoms with Crippen molar-refractivity contribution >= 4 is 15.9 Å². The van der Waals surface area contributed by atoms with Gasteiger partial charge in [0.1, 0.15) is 0 Å². The van der Waals surface area contributed by atoms with Gasteiger partial charge < -0.3 is 9.80 Å². The molecule has 94 valence electrons. The lowest BCUT2D eigenvalue weighted by Gasteiger charge is -2.35. The Morgan fingerprint density at radius 3 is 2.75 bits per heavy atom. The van der Waals surface area contributed by atoms with Crippen molar-refractivity contribution < 1.29 is 0 Å². The van der Waals surface area contributed by atoms with Crippen molar-refractivity contribution in [2.75, 3.05) is 33.2 Å². The molecule has 0 N–H and O–H groups in total. The zero-order valence-corrected chi connectivity index (χ0v) is 12.1. The molecule has 2 fully saturated rings. The van der Waals surface area contributed by atoms with Crippen LogP contribution in [-0.4, -0.2) is 53.9 Å². The Bertz CT molecular complexity index is 210. The van der Waals surface area contributed by atoms with Crippen LogP contribution in [0.4, 0.5) is 0 Å². The van der Waals surface area contributed by atoms with Gasteiger partial charge in [-0.1, -0.05) is 22.4 Å². The SMILES string of the molecule is CN1CCCCC1CCN1CCCC(Br)C1. The first kappa shape index (κ1) is 12.8. The summed E-state index contributed by atoms with van der Waals surface area (Å²) in [7, 11) is 2.30. The first-order valence-electron chi connectivity index (χ1n) is 6.82. The molecule has 2 nitrogen and oxygen atoms in total. The molecule has 16 heavy (non-hydrogen) atoms. The topological polar surface area (TPSA) is 6.48 Å². The Labute approximate surface area is 108 Å². The summed E-state index contributed by atoms with van der Waals surface area (Å²) >= 11 is 3.75. The molecule has 0 aliphatic carbocycles. The highest BCUT2D eigenvalue weighted by molar-refractivity contribution is 9.09. The number of hydrogen-bond donors (Lipinski definition) is 0. The zero-order valence-electron chi connectivity index (χ0n) is 10.5. The van der Waals surface area contributed by atoms with Crippen LogP contribution >= 0.6 is 15.9 Å². The summed E-state index contributed by atoms with van der Waals surface area (Å²) in [6.07, 6.45) is 8.37. The third-order valence-corrected chi connectivity index (χ3v) is 4.90. The quantitative estimate of drug-likeness (QED) is 0.737. The molecule has 2 atom stereocenters. The van der Waals surface area contributed by atoms with Crippen LogP contribution in [0.3, 0.4) is 0 Å². The lowest BCUT2D eigenvalue weighted by Crippen LogP contribution is -2.41. The van der Waals surface area contributed by atoms with Gasteiger partial charge >= 0.3 is 0 Å². The maximum Gasteiger partial charge on any atom is 0.0273 e. The van der Waals surface area contributed by atoms with E-state index in [4.69, 9.17) is 0 Å². The van der Waals surface area contributed by atoms with Gasteiger partial charge in [0.25, 0.3) is 0 Å². The predicted molar refractivity (Wildman–Crippen MR) is 73.3 cm³/mol. The van der Waals surface area contributed by atoms with Crippen molar-refractivity contribution in [2.45, 2.75) is 49.4 Å². The molecule has 0 spiro atoms. The number of likely N-dealkylation sites (tertiary alicyclic amines) is 2. The normalized spacial score (nSPS) is 34.1. The van der Waals surface area contributed by atoms with Crippen LogP contribution in [0, 0.1) is 0 Å². The standard InChI is InChI=1S/C13H25BrN2/c1-15-8-3-2-6-13(15)7-10-16-9-4-5-12(14)11-16/h12-13H,2-11H2,1H3. The second kappa shape index (κ2) is 6.36. The summed E-state index contributed by atoms with van der Waals surface area (Å²) in [5, 5.41) is 0. The molecule has 0 aromatic rings. The fourth-order valence-corrected chi connectivity index (χ4v) is 3.78. The third-order valence-electron chi connectivity index (χ3n) is 4.15. The number of rotatable bonds is 3. The molecule has 0 amide bonds. The molecule has 2 rings (SSSR count). The van der Waals surface area contributed by atoms with Crippen molar-refractivity contribution in [3.8, 4) is 0 Å². The van der Waals surface area contributed by atoms with E-state index < -0.39 is 0 Å². The lowest BCUT2D eigenvalue weighted by molar-refractivity contribution is 0.147. The minimum absolute atomic E-state index is 0.741. The Kier molecular flexibility index (Phi) is 5.11. The van der Waals surface area contributed by atoms with E-state index in [9.17, 15) is 0 Å². The van der Waals surface area contributed by atoms with Crippen molar-refractivity contribution in [3.05, 3.63) is 0 Å². The summed E-state index contributed by atoms with van der Waals surface area (Å²) in [6.45, 7) is 5.19. The van der Waals surface area contributed by atoms with Gasteiger partial charge in [0.2, 0.25) is 0 Å². The average molecular weight is 289 g/mol. The number of nitrogens with zero attached hydrogens (tertiary/aromatic N) is 2. The van der Waals surface area contributed by atoms with Gasteiger partial charge in [0.05, 0.1) is 0 Å². The summed E-state index contributed by atoms with van der Waals surface area (Å²) in [5.74, 6) is 0. The molecule has 3 heteroatoms. The van der Waals surface area contributed by atoms with E-state index in [0.717, 1.165) is 10.9 Å². The largest absolute Gasteiger partial charge is 0.303 e. The maximum absolute atomic E-state index is 3.75. The summed E-state index contributed by atoms with van der Waals surface area (Å²) in [5.41, 5.74) is 0. The molecule has 0 radical (unpaired) electrons. The minimum atomic E-state index is 0.741. The highest BCUT2D eigenvalue weighted by Gasteiger charge is 2.21. The molecule has 0 bridgehead atoms. The predicted octanol–water partition coefficient (Wildman–Crippen LogP) is 2.72. The Balaban J connectivity index is 1.69. The van der Waals surface area contributed by atoms with Crippen molar-refractivity contribution in [2.24, 2.45) is 0 Å². The van der Waals surface area contributed by atoms with Crippen molar-refractivity contribution in [1.82, 2.24) is 9.80 Å². The fourth-order valence-electron chi connectivity index (χ4n) is 3.04. The molecular weight excluding hydrogens is 264 g/mol. The molecule has 2 aliphatic heterocycles. The van der Waals surface area contributed by atoms with E-state index in [-0.39, 0.29) is 0 Å².